The first kappa shape index (κ1) is 14.5. The molecule has 1 fully saturated rings. The third-order valence-corrected chi connectivity index (χ3v) is 6.05. The van der Waals surface area contributed by atoms with E-state index in [1.54, 1.807) is 11.3 Å². The van der Waals surface area contributed by atoms with Crippen LogP contribution in [-0.2, 0) is 0 Å². The molecule has 6 heteroatoms. The van der Waals surface area contributed by atoms with Gasteiger partial charge >= 0.3 is 0 Å². The van der Waals surface area contributed by atoms with E-state index in [1.165, 1.54) is 25.7 Å². The molecule has 1 aliphatic rings. The molecule has 0 unspecified atom stereocenters. The lowest BCUT2D eigenvalue weighted by molar-refractivity contribution is 0.691. The maximum absolute atomic E-state index is 4.84. The first-order valence-electron chi connectivity index (χ1n) is 6.70. The maximum atomic E-state index is 4.84. The first-order chi connectivity index (χ1) is 9.69. The third kappa shape index (κ3) is 2.78. The van der Waals surface area contributed by atoms with Crippen molar-refractivity contribution in [2.24, 2.45) is 0 Å². The number of aromatic nitrogens is 2. The van der Waals surface area contributed by atoms with Crippen molar-refractivity contribution in [3.63, 3.8) is 0 Å². The van der Waals surface area contributed by atoms with Gasteiger partial charge in [0.15, 0.2) is 5.82 Å². The molecule has 0 bridgehead atoms. The molecule has 1 aliphatic carbocycles. The van der Waals surface area contributed by atoms with Gasteiger partial charge in [0.2, 0.25) is 0 Å². The van der Waals surface area contributed by atoms with Crippen LogP contribution in [0.5, 0.6) is 0 Å². The van der Waals surface area contributed by atoms with Crippen LogP contribution in [0.25, 0.3) is 10.7 Å². The molecule has 0 aromatic carbocycles. The van der Waals surface area contributed by atoms with Crippen molar-refractivity contribution in [2.75, 3.05) is 12.4 Å². The van der Waals surface area contributed by atoms with Crippen molar-refractivity contribution in [1.82, 2.24) is 9.97 Å². The van der Waals surface area contributed by atoms with Crippen LogP contribution in [0, 0.1) is 0 Å². The quantitative estimate of drug-likeness (QED) is 0.724. The van der Waals surface area contributed by atoms with Crippen LogP contribution in [0.3, 0.4) is 0 Å². The minimum atomic E-state index is 0.557. The lowest BCUT2D eigenvalue weighted by Gasteiger charge is -2.14. The number of hydrogen-bond acceptors (Lipinski definition) is 4. The summed E-state index contributed by atoms with van der Waals surface area (Å²) in [5.74, 6) is 2.25. The van der Waals surface area contributed by atoms with Crippen LogP contribution in [0.4, 0.5) is 5.82 Å². The van der Waals surface area contributed by atoms with Crippen molar-refractivity contribution < 1.29 is 0 Å². The van der Waals surface area contributed by atoms with Gasteiger partial charge < -0.3 is 5.32 Å². The number of rotatable bonds is 3. The molecular weight excluding hydrogens is 402 g/mol. The molecule has 0 saturated heterocycles. The summed E-state index contributed by atoms with van der Waals surface area (Å²) in [6.07, 6.45) is 5.06. The van der Waals surface area contributed by atoms with Gasteiger partial charge in [-0.3, -0.25) is 0 Å². The van der Waals surface area contributed by atoms with E-state index in [2.05, 4.69) is 48.2 Å². The zero-order valence-corrected chi connectivity index (χ0v) is 15.1. The molecule has 2 aromatic rings. The first-order valence-corrected chi connectivity index (χ1v) is 9.10. The fourth-order valence-electron chi connectivity index (χ4n) is 2.64. The summed E-state index contributed by atoms with van der Waals surface area (Å²) in [6.45, 7) is 0. The number of anilines is 1. The highest BCUT2D eigenvalue weighted by molar-refractivity contribution is 9.11. The van der Waals surface area contributed by atoms with Crippen molar-refractivity contribution >= 4 is 49.0 Å². The summed E-state index contributed by atoms with van der Waals surface area (Å²) in [5, 5.41) is 3.17. The summed E-state index contributed by atoms with van der Waals surface area (Å²) in [7, 11) is 1.90. The van der Waals surface area contributed by atoms with Crippen molar-refractivity contribution in [3.05, 3.63) is 26.1 Å². The van der Waals surface area contributed by atoms with Crippen LogP contribution >= 0.6 is 43.2 Å². The van der Waals surface area contributed by atoms with Crippen LogP contribution in [0.2, 0.25) is 0 Å². The van der Waals surface area contributed by atoms with Gasteiger partial charge in [-0.2, -0.15) is 0 Å². The number of nitrogens with one attached hydrogen (secondary N) is 1. The Bertz CT molecular complexity index is 621. The largest absolute Gasteiger partial charge is 0.372 e. The van der Waals surface area contributed by atoms with Crippen molar-refractivity contribution in [1.29, 1.82) is 0 Å². The topological polar surface area (TPSA) is 37.8 Å². The van der Waals surface area contributed by atoms with Gasteiger partial charge in [-0.15, -0.1) is 11.3 Å². The molecule has 0 spiro atoms. The van der Waals surface area contributed by atoms with Gasteiger partial charge in [-0.25, -0.2) is 9.97 Å². The molecule has 106 valence electrons. The van der Waals surface area contributed by atoms with E-state index in [-0.39, 0.29) is 0 Å². The fraction of sp³-hybridized carbons (Fsp3) is 0.429. The van der Waals surface area contributed by atoms with Gasteiger partial charge in [0.05, 0.1) is 18.8 Å². The number of nitrogens with zero attached hydrogens (tertiary/aromatic N) is 2. The minimum absolute atomic E-state index is 0.557. The van der Waals surface area contributed by atoms with E-state index in [1.807, 2.05) is 13.1 Å². The second-order valence-corrected chi connectivity index (χ2v) is 8.19. The predicted octanol–water partition coefficient (Wildman–Crippen LogP) is 5.43. The van der Waals surface area contributed by atoms with E-state index < -0.39 is 0 Å². The summed E-state index contributed by atoms with van der Waals surface area (Å²) in [5.41, 5.74) is 1.15. The molecule has 0 atom stereocenters. The summed E-state index contributed by atoms with van der Waals surface area (Å²) in [4.78, 5) is 10.6. The molecule has 20 heavy (non-hydrogen) atoms. The molecule has 2 heterocycles. The maximum Gasteiger partial charge on any atom is 0.171 e. The standard InChI is InChI=1S/C14H15Br2N3S/c1-17-14-11(16)12(8-4-2-3-5-8)18-13(19-14)9-6-7-10(15)20-9/h6-8H,2-5H2,1H3,(H,17,18,19). The molecule has 3 rings (SSSR count). The SMILES string of the molecule is CNc1nc(-c2ccc(Br)s2)nc(C2CCCC2)c1Br. The highest BCUT2D eigenvalue weighted by Gasteiger charge is 2.24. The molecule has 0 radical (unpaired) electrons. The Labute approximate surface area is 139 Å². The van der Waals surface area contributed by atoms with Crippen molar-refractivity contribution in [2.45, 2.75) is 31.6 Å². The molecule has 0 aliphatic heterocycles. The van der Waals surface area contributed by atoms with E-state index in [0.717, 1.165) is 30.5 Å². The van der Waals surface area contributed by atoms with E-state index >= 15 is 0 Å². The number of thiophene rings is 1. The van der Waals surface area contributed by atoms with Crippen LogP contribution in [-0.4, -0.2) is 17.0 Å². The van der Waals surface area contributed by atoms with E-state index in [4.69, 9.17) is 4.98 Å². The Morgan fingerprint density at radius 1 is 1.20 bits per heavy atom. The molecule has 1 N–H and O–H groups in total. The van der Waals surface area contributed by atoms with Crippen LogP contribution in [0.1, 0.15) is 37.3 Å². The molecular formula is C14H15Br2N3S. The van der Waals surface area contributed by atoms with Crippen molar-refractivity contribution in [3.8, 4) is 10.7 Å². The monoisotopic (exact) mass is 415 g/mol. The lowest BCUT2D eigenvalue weighted by Crippen LogP contribution is -2.05. The van der Waals surface area contributed by atoms with Gasteiger partial charge in [-0.1, -0.05) is 12.8 Å². The van der Waals surface area contributed by atoms with Gasteiger partial charge in [0.1, 0.15) is 5.82 Å². The fourth-order valence-corrected chi connectivity index (χ4v) is 4.66. The predicted molar refractivity (Wildman–Crippen MR) is 91.5 cm³/mol. The van der Waals surface area contributed by atoms with E-state index in [0.29, 0.717) is 5.92 Å². The van der Waals surface area contributed by atoms with Gasteiger partial charge in [0.25, 0.3) is 0 Å². The van der Waals surface area contributed by atoms with Crippen LogP contribution < -0.4 is 5.32 Å². The Morgan fingerprint density at radius 2 is 1.95 bits per heavy atom. The highest BCUT2D eigenvalue weighted by atomic mass is 79.9. The minimum Gasteiger partial charge on any atom is -0.372 e. The summed E-state index contributed by atoms with van der Waals surface area (Å²) in [6, 6.07) is 4.11. The molecule has 2 aromatic heterocycles. The van der Waals surface area contributed by atoms with E-state index in [9.17, 15) is 0 Å². The summed E-state index contributed by atoms with van der Waals surface area (Å²) < 4.78 is 2.12. The molecule has 1 saturated carbocycles. The average Bonchev–Trinajstić information content (AvgIpc) is 3.10. The third-order valence-electron chi connectivity index (χ3n) is 3.65. The molecule has 3 nitrogen and oxygen atoms in total. The zero-order chi connectivity index (χ0) is 14.1. The summed E-state index contributed by atoms with van der Waals surface area (Å²) >= 11 is 8.84. The zero-order valence-electron chi connectivity index (χ0n) is 11.1. The average molecular weight is 417 g/mol. The number of hydrogen-bond donors (Lipinski definition) is 1. The Kier molecular flexibility index (Phi) is 4.43. The second-order valence-electron chi connectivity index (χ2n) is 4.93. The second kappa shape index (κ2) is 6.12. The normalized spacial score (nSPS) is 15.8. The van der Waals surface area contributed by atoms with Crippen LogP contribution in [0.15, 0.2) is 20.4 Å². The Hall–Kier alpha value is -0.460. The smallest absolute Gasteiger partial charge is 0.171 e. The lowest BCUT2D eigenvalue weighted by atomic mass is 10.0. The van der Waals surface area contributed by atoms with Gasteiger partial charge in [0, 0.05) is 13.0 Å². The van der Waals surface area contributed by atoms with Gasteiger partial charge in [-0.05, 0) is 56.8 Å². The highest BCUT2D eigenvalue weighted by Crippen LogP contribution is 2.40. The number of halogens is 2. The Morgan fingerprint density at radius 3 is 2.55 bits per heavy atom. The Balaban J connectivity index is 2.09. The molecule has 0 amide bonds.